The highest BCUT2D eigenvalue weighted by Gasteiger charge is 2.08. The topological polar surface area (TPSA) is 91.2 Å². The fourth-order valence-electron chi connectivity index (χ4n) is 2.05. The van der Waals surface area contributed by atoms with Gasteiger partial charge in [0.2, 0.25) is 0 Å². The molecule has 0 N–H and O–H groups in total. The van der Waals surface area contributed by atoms with E-state index in [2.05, 4.69) is 5.10 Å². The lowest BCUT2D eigenvalue weighted by atomic mass is 10.1. The van der Waals surface area contributed by atoms with E-state index in [0.29, 0.717) is 17.0 Å². The lowest BCUT2D eigenvalue weighted by molar-refractivity contribution is 0.368. The summed E-state index contributed by atoms with van der Waals surface area (Å²) >= 11 is 0. The van der Waals surface area contributed by atoms with Gasteiger partial charge in [0.05, 0.1) is 6.21 Å². The smallest absolute Gasteiger partial charge is 0.289 e. The summed E-state index contributed by atoms with van der Waals surface area (Å²) in [6.07, 6.45) is 1.53. The van der Waals surface area contributed by atoms with Crippen molar-refractivity contribution in [1.82, 2.24) is 4.68 Å². The second-order valence-corrected chi connectivity index (χ2v) is 4.83. The Labute approximate surface area is 133 Å². The Morgan fingerprint density at radius 1 is 1.26 bits per heavy atom. The summed E-state index contributed by atoms with van der Waals surface area (Å²) in [5.41, 5.74) is 1.71. The van der Waals surface area contributed by atoms with Crippen molar-refractivity contribution in [2.45, 2.75) is 13.8 Å². The number of nitriles is 2. The van der Waals surface area contributed by atoms with Crippen molar-refractivity contribution >= 4 is 6.21 Å². The maximum Gasteiger partial charge on any atom is 0.289 e. The monoisotopic (exact) mass is 306 g/mol. The standard InChI is InChI=1S/C17H14N4O2/c1-12-9-13(2)21(17(22)16(12)10-19)20-11-14-3-5-15(6-4-14)23-8-7-18/h3-6,9,11H,8H2,1-2H3/b20-11-. The lowest BCUT2D eigenvalue weighted by Gasteiger charge is -2.06. The van der Waals surface area contributed by atoms with Crippen LogP contribution in [0.3, 0.4) is 0 Å². The highest BCUT2D eigenvalue weighted by molar-refractivity contribution is 5.79. The van der Waals surface area contributed by atoms with Crippen LogP contribution in [0.5, 0.6) is 5.75 Å². The second-order valence-electron chi connectivity index (χ2n) is 4.83. The quantitative estimate of drug-likeness (QED) is 0.809. The van der Waals surface area contributed by atoms with Gasteiger partial charge in [0.15, 0.2) is 6.61 Å². The molecule has 0 radical (unpaired) electrons. The number of nitrogens with zero attached hydrogens (tertiary/aromatic N) is 4. The normalized spacial score (nSPS) is 10.3. The van der Waals surface area contributed by atoms with Gasteiger partial charge >= 0.3 is 0 Å². The van der Waals surface area contributed by atoms with Gasteiger partial charge in [0.1, 0.15) is 23.5 Å². The second kappa shape index (κ2) is 7.06. The van der Waals surface area contributed by atoms with Crippen molar-refractivity contribution in [1.29, 1.82) is 10.5 Å². The summed E-state index contributed by atoms with van der Waals surface area (Å²) < 4.78 is 6.36. The number of aryl methyl sites for hydroxylation is 2. The van der Waals surface area contributed by atoms with Crippen LogP contribution >= 0.6 is 0 Å². The van der Waals surface area contributed by atoms with Crippen molar-refractivity contribution in [3.63, 3.8) is 0 Å². The molecule has 2 rings (SSSR count). The number of rotatable bonds is 4. The van der Waals surface area contributed by atoms with Crippen molar-refractivity contribution in [2.24, 2.45) is 5.10 Å². The van der Waals surface area contributed by atoms with Crippen LogP contribution in [0.2, 0.25) is 0 Å². The van der Waals surface area contributed by atoms with Crippen LogP contribution in [0.25, 0.3) is 0 Å². The first kappa shape index (κ1) is 16.0. The van der Waals surface area contributed by atoms with Crippen LogP contribution in [0.4, 0.5) is 0 Å². The number of aromatic nitrogens is 1. The van der Waals surface area contributed by atoms with Gasteiger partial charge in [-0.15, -0.1) is 0 Å². The minimum atomic E-state index is -0.435. The van der Waals surface area contributed by atoms with Gasteiger partial charge in [-0.05, 0) is 55.3 Å². The van der Waals surface area contributed by atoms with Gasteiger partial charge in [-0.2, -0.15) is 15.6 Å². The molecule has 0 aliphatic rings. The van der Waals surface area contributed by atoms with Gasteiger partial charge in [-0.25, -0.2) is 4.68 Å². The van der Waals surface area contributed by atoms with Crippen molar-refractivity contribution in [3.05, 3.63) is 63.1 Å². The number of hydrogen-bond donors (Lipinski definition) is 0. The first-order valence-corrected chi connectivity index (χ1v) is 6.84. The van der Waals surface area contributed by atoms with Crippen LogP contribution in [0.15, 0.2) is 40.2 Å². The number of benzene rings is 1. The molecule has 1 aromatic heterocycles. The SMILES string of the molecule is Cc1cc(C)n(/N=C\c2ccc(OCC#N)cc2)c(=O)c1C#N. The first-order chi connectivity index (χ1) is 11.1. The summed E-state index contributed by atoms with van der Waals surface area (Å²) in [6.45, 7) is 3.47. The van der Waals surface area contributed by atoms with E-state index in [1.165, 1.54) is 10.9 Å². The minimum Gasteiger partial charge on any atom is -0.479 e. The number of hydrogen-bond acceptors (Lipinski definition) is 5. The number of pyridine rings is 1. The third-order valence-corrected chi connectivity index (χ3v) is 3.18. The predicted molar refractivity (Wildman–Crippen MR) is 85.4 cm³/mol. The maximum atomic E-state index is 12.2. The van der Waals surface area contributed by atoms with Crippen LogP contribution in [-0.2, 0) is 0 Å². The fraction of sp³-hybridized carbons (Fsp3) is 0.176. The molecule has 0 saturated heterocycles. The molecule has 0 bridgehead atoms. The Hall–Kier alpha value is -3.38. The van der Waals surface area contributed by atoms with E-state index in [-0.39, 0.29) is 12.2 Å². The molecule has 1 aromatic carbocycles. The largest absolute Gasteiger partial charge is 0.479 e. The molecule has 1 heterocycles. The fourth-order valence-corrected chi connectivity index (χ4v) is 2.05. The molecule has 0 fully saturated rings. The molecule has 114 valence electrons. The lowest BCUT2D eigenvalue weighted by Crippen LogP contribution is -2.22. The molecule has 0 spiro atoms. The molecule has 0 aliphatic carbocycles. The summed E-state index contributed by atoms with van der Waals surface area (Å²) in [5.74, 6) is 0.583. The molecular weight excluding hydrogens is 292 g/mol. The van der Waals surface area contributed by atoms with Crippen LogP contribution < -0.4 is 10.3 Å². The van der Waals surface area contributed by atoms with Crippen molar-refractivity contribution in [3.8, 4) is 17.9 Å². The molecule has 0 unspecified atom stereocenters. The van der Waals surface area contributed by atoms with Gasteiger partial charge in [-0.3, -0.25) is 4.79 Å². The Balaban J connectivity index is 2.29. The minimum absolute atomic E-state index is 0.0116. The first-order valence-electron chi connectivity index (χ1n) is 6.84. The van der Waals surface area contributed by atoms with Crippen molar-refractivity contribution < 1.29 is 4.74 Å². The molecule has 6 nitrogen and oxygen atoms in total. The molecule has 0 aliphatic heterocycles. The Morgan fingerprint density at radius 2 is 1.96 bits per heavy atom. The average molecular weight is 306 g/mol. The van der Waals surface area contributed by atoms with Crippen molar-refractivity contribution in [2.75, 3.05) is 6.61 Å². The molecule has 0 amide bonds. The van der Waals surface area contributed by atoms with Gasteiger partial charge in [0, 0.05) is 5.69 Å². The molecule has 2 aromatic rings. The molecule has 0 saturated carbocycles. The van der Waals surface area contributed by atoms with Gasteiger partial charge in [0.25, 0.3) is 5.56 Å². The van der Waals surface area contributed by atoms with E-state index in [9.17, 15) is 4.79 Å². The van der Waals surface area contributed by atoms with Crippen LogP contribution in [0, 0.1) is 36.5 Å². The highest BCUT2D eigenvalue weighted by atomic mass is 16.5. The zero-order valence-corrected chi connectivity index (χ0v) is 12.8. The van der Waals surface area contributed by atoms with E-state index in [4.69, 9.17) is 15.3 Å². The Morgan fingerprint density at radius 3 is 2.57 bits per heavy atom. The summed E-state index contributed by atoms with van der Waals surface area (Å²) in [6, 6.07) is 12.5. The third-order valence-electron chi connectivity index (χ3n) is 3.18. The van der Waals surface area contributed by atoms with Gasteiger partial charge in [-0.1, -0.05) is 0 Å². The zero-order valence-electron chi connectivity index (χ0n) is 12.8. The molecular formula is C17H14N4O2. The third kappa shape index (κ3) is 3.63. The van der Waals surface area contributed by atoms with Crippen LogP contribution in [-0.4, -0.2) is 17.5 Å². The van der Waals surface area contributed by atoms with Crippen LogP contribution in [0.1, 0.15) is 22.4 Å². The van der Waals surface area contributed by atoms with Gasteiger partial charge < -0.3 is 4.74 Å². The number of ether oxygens (including phenoxy) is 1. The van der Waals surface area contributed by atoms with E-state index in [0.717, 1.165) is 5.56 Å². The van der Waals surface area contributed by atoms with E-state index in [1.54, 1.807) is 44.2 Å². The van der Waals surface area contributed by atoms with E-state index in [1.807, 2.05) is 12.1 Å². The summed E-state index contributed by atoms with van der Waals surface area (Å²) in [4.78, 5) is 12.2. The molecule has 6 heteroatoms. The highest BCUT2D eigenvalue weighted by Crippen LogP contribution is 2.11. The van der Waals surface area contributed by atoms with E-state index >= 15 is 0 Å². The Bertz CT molecular complexity index is 881. The summed E-state index contributed by atoms with van der Waals surface area (Å²) in [7, 11) is 0. The predicted octanol–water partition coefficient (Wildman–Crippen LogP) is 2.12. The Kier molecular flexibility index (Phi) is 4.91. The molecule has 0 atom stereocenters. The zero-order chi connectivity index (χ0) is 16.8. The summed E-state index contributed by atoms with van der Waals surface area (Å²) in [5, 5.41) is 21.7. The average Bonchev–Trinajstić information content (AvgIpc) is 2.54. The maximum absolute atomic E-state index is 12.2. The molecule has 23 heavy (non-hydrogen) atoms. The van der Waals surface area contributed by atoms with E-state index < -0.39 is 5.56 Å².